The van der Waals surface area contributed by atoms with Crippen LogP contribution in [0.4, 0.5) is 11.4 Å². The highest BCUT2D eigenvalue weighted by molar-refractivity contribution is 7.10. The third-order valence-electron chi connectivity index (χ3n) is 6.08. The third kappa shape index (κ3) is 6.24. The average molecular weight is 555 g/mol. The lowest BCUT2D eigenvalue weighted by Crippen LogP contribution is -2.37. The number of nitro groups is 1. The van der Waals surface area contributed by atoms with Crippen molar-refractivity contribution in [2.24, 2.45) is 0 Å². The molecule has 2 heterocycles. The van der Waals surface area contributed by atoms with Gasteiger partial charge in [-0.2, -0.15) is 0 Å². The number of para-hydroxylation sites is 1. The molecular weight excluding hydrogens is 532 g/mol. The van der Waals surface area contributed by atoms with E-state index in [2.05, 4.69) is 10.3 Å². The summed E-state index contributed by atoms with van der Waals surface area (Å²) < 4.78 is 4.72. The molecule has 196 valence electrons. The predicted octanol–water partition coefficient (Wildman–Crippen LogP) is 5.06. The molecule has 1 aromatic heterocycles. The summed E-state index contributed by atoms with van der Waals surface area (Å²) in [6.07, 6.45) is 3.75. The maximum atomic E-state index is 12.6. The van der Waals surface area contributed by atoms with Gasteiger partial charge in [0.25, 0.3) is 5.69 Å². The fraction of sp³-hybridized carbons (Fsp3) is 0.231. The van der Waals surface area contributed by atoms with Gasteiger partial charge in [0.1, 0.15) is 5.02 Å². The molecule has 38 heavy (non-hydrogen) atoms. The quantitative estimate of drug-likeness (QED) is 0.187. The highest BCUT2D eigenvalue weighted by Gasteiger charge is 2.25. The number of piperidine rings is 1. The van der Waals surface area contributed by atoms with Crippen LogP contribution in [-0.2, 0) is 14.3 Å². The zero-order valence-electron chi connectivity index (χ0n) is 20.3. The summed E-state index contributed by atoms with van der Waals surface area (Å²) in [6, 6.07) is 11.0. The first-order valence-corrected chi connectivity index (χ1v) is 12.9. The van der Waals surface area contributed by atoms with Crippen LogP contribution in [0.2, 0.25) is 5.02 Å². The number of methoxy groups -OCH3 is 1. The van der Waals surface area contributed by atoms with E-state index in [0.717, 1.165) is 11.1 Å². The van der Waals surface area contributed by atoms with Gasteiger partial charge in [0.15, 0.2) is 0 Å². The van der Waals surface area contributed by atoms with Crippen molar-refractivity contribution in [3.63, 3.8) is 0 Å². The highest BCUT2D eigenvalue weighted by Crippen LogP contribution is 2.35. The van der Waals surface area contributed by atoms with E-state index >= 15 is 0 Å². The largest absolute Gasteiger partial charge is 0.465 e. The Kier molecular flexibility index (Phi) is 8.49. The summed E-state index contributed by atoms with van der Waals surface area (Å²) in [7, 11) is 1.25. The van der Waals surface area contributed by atoms with Crippen molar-refractivity contribution in [2.45, 2.75) is 18.8 Å². The zero-order chi connectivity index (χ0) is 27.2. The second-order valence-corrected chi connectivity index (χ2v) is 9.75. The van der Waals surface area contributed by atoms with E-state index in [1.54, 1.807) is 29.2 Å². The molecule has 10 nitrogen and oxygen atoms in total. The van der Waals surface area contributed by atoms with E-state index in [1.165, 1.54) is 42.7 Å². The molecule has 3 aromatic rings. The lowest BCUT2D eigenvalue weighted by Gasteiger charge is -2.30. The standard InChI is InChI=1S/C26H23ClN4O6S/c1-37-26(34)18-4-2-3-5-20(18)28-23(32)8-9-24(33)30-12-10-16(11-13-30)25-29-21(15-38-25)17-6-7-19(27)22(14-17)31(35)36/h2-9,14-16H,10-13H2,1H3,(H,28,32)/b9-8+. The number of aromatic nitrogens is 1. The maximum absolute atomic E-state index is 12.6. The number of rotatable bonds is 7. The van der Waals surface area contributed by atoms with E-state index in [9.17, 15) is 24.5 Å². The molecule has 0 aliphatic carbocycles. The number of amides is 2. The Balaban J connectivity index is 1.32. The van der Waals surface area contributed by atoms with Crippen molar-refractivity contribution in [3.8, 4) is 11.3 Å². The molecule has 2 aromatic carbocycles. The molecule has 0 atom stereocenters. The van der Waals surface area contributed by atoms with Crippen LogP contribution in [-0.4, -0.2) is 52.8 Å². The second kappa shape index (κ2) is 12.0. The van der Waals surface area contributed by atoms with Gasteiger partial charge >= 0.3 is 5.97 Å². The molecule has 4 rings (SSSR count). The number of benzene rings is 2. The molecule has 0 radical (unpaired) electrons. The van der Waals surface area contributed by atoms with Gasteiger partial charge in [-0.1, -0.05) is 29.8 Å². The van der Waals surface area contributed by atoms with Crippen molar-refractivity contribution in [2.75, 3.05) is 25.5 Å². The van der Waals surface area contributed by atoms with Crippen LogP contribution in [0.3, 0.4) is 0 Å². The van der Waals surface area contributed by atoms with Gasteiger partial charge in [0, 0.05) is 48.2 Å². The summed E-state index contributed by atoms with van der Waals surface area (Å²) in [5.74, 6) is -1.25. The number of nitrogens with zero attached hydrogens (tertiary/aromatic N) is 3. The SMILES string of the molecule is COC(=O)c1ccccc1NC(=O)/C=C/C(=O)N1CCC(c2nc(-c3ccc(Cl)c([N+](=O)[O-])c3)cs2)CC1. The average Bonchev–Trinajstić information content (AvgIpc) is 3.42. The first-order valence-electron chi connectivity index (χ1n) is 11.6. The molecular formula is C26H23ClN4O6S. The lowest BCUT2D eigenvalue weighted by atomic mass is 9.97. The molecule has 1 aliphatic heterocycles. The molecule has 0 bridgehead atoms. The summed E-state index contributed by atoms with van der Waals surface area (Å²) in [5.41, 5.74) is 1.60. The molecule has 12 heteroatoms. The third-order valence-corrected chi connectivity index (χ3v) is 7.41. The van der Waals surface area contributed by atoms with Gasteiger partial charge in [0.05, 0.1) is 34.0 Å². The Bertz CT molecular complexity index is 1410. The van der Waals surface area contributed by atoms with Crippen LogP contribution >= 0.6 is 22.9 Å². The maximum Gasteiger partial charge on any atom is 0.339 e. The molecule has 0 saturated carbocycles. The number of ether oxygens (including phenoxy) is 1. The molecule has 2 amide bonds. The van der Waals surface area contributed by atoms with E-state index in [-0.39, 0.29) is 28.1 Å². The molecule has 1 aliphatic rings. The van der Waals surface area contributed by atoms with Crippen LogP contribution in [0.25, 0.3) is 11.3 Å². The smallest absolute Gasteiger partial charge is 0.339 e. The number of hydrogen-bond donors (Lipinski definition) is 1. The number of nitrogens with one attached hydrogen (secondary N) is 1. The summed E-state index contributed by atoms with van der Waals surface area (Å²) in [5, 5.41) is 16.6. The number of esters is 1. The molecule has 1 fully saturated rings. The van der Waals surface area contributed by atoms with Crippen LogP contribution in [0.1, 0.15) is 34.1 Å². The predicted molar refractivity (Wildman–Crippen MR) is 143 cm³/mol. The second-order valence-electron chi connectivity index (χ2n) is 8.45. The number of anilines is 1. The van der Waals surface area contributed by atoms with Crippen molar-refractivity contribution in [1.82, 2.24) is 9.88 Å². The molecule has 1 saturated heterocycles. The Morgan fingerprint density at radius 1 is 1.18 bits per heavy atom. The number of halogens is 1. The Morgan fingerprint density at radius 3 is 2.63 bits per heavy atom. The van der Waals surface area contributed by atoms with Crippen LogP contribution in [0.5, 0.6) is 0 Å². The first kappa shape index (κ1) is 27.0. The van der Waals surface area contributed by atoms with Crippen molar-refractivity contribution in [3.05, 3.63) is 85.7 Å². The minimum absolute atomic E-state index is 0.0729. The fourth-order valence-electron chi connectivity index (χ4n) is 4.07. The molecule has 1 N–H and O–H groups in total. The molecule has 0 unspecified atom stereocenters. The van der Waals surface area contributed by atoms with E-state index < -0.39 is 16.8 Å². The minimum atomic E-state index is -0.578. The van der Waals surface area contributed by atoms with E-state index in [4.69, 9.17) is 16.3 Å². The summed E-state index contributed by atoms with van der Waals surface area (Å²) in [4.78, 5) is 53.8. The van der Waals surface area contributed by atoms with Crippen LogP contribution < -0.4 is 5.32 Å². The number of carbonyl (C=O) groups is 3. The van der Waals surface area contributed by atoms with Gasteiger partial charge in [-0.05, 0) is 31.0 Å². The van der Waals surface area contributed by atoms with E-state index in [1.807, 2.05) is 5.38 Å². The number of carbonyl (C=O) groups excluding carboxylic acids is 3. The Hall–Kier alpha value is -4.09. The Morgan fingerprint density at radius 2 is 1.92 bits per heavy atom. The van der Waals surface area contributed by atoms with E-state index in [0.29, 0.717) is 42.9 Å². The fourth-order valence-corrected chi connectivity index (χ4v) is 5.26. The number of hydrogen-bond acceptors (Lipinski definition) is 8. The van der Waals surface area contributed by atoms with Gasteiger partial charge in [0.2, 0.25) is 11.8 Å². The van der Waals surface area contributed by atoms with Crippen molar-refractivity contribution >= 4 is 52.1 Å². The normalized spacial score (nSPS) is 13.9. The molecule has 0 spiro atoms. The first-order chi connectivity index (χ1) is 18.3. The monoisotopic (exact) mass is 554 g/mol. The Labute approximate surface area is 227 Å². The lowest BCUT2D eigenvalue weighted by molar-refractivity contribution is -0.384. The zero-order valence-corrected chi connectivity index (χ0v) is 21.8. The number of thiazole rings is 1. The summed E-state index contributed by atoms with van der Waals surface area (Å²) >= 11 is 7.39. The topological polar surface area (TPSA) is 132 Å². The number of likely N-dealkylation sites (tertiary alicyclic amines) is 1. The number of nitro benzene ring substituents is 1. The summed E-state index contributed by atoms with van der Waals surface area (Å²) in [6.45, 7) is 1.00. The minimum Gasteiger partial charge on any atom is -0.465 e. The van der Waals surface area contributed by atoms with Crippen molar-refractivity contribution in [1.29, 1.82) is 0 Å². The van der Waals surface area contributed by atoms with Gasteiger partial charge in [-0.25, -0.2) is 9.78 Å². The van der Waals surface area contributed by atoms with Gasteiger partial charge in [-0.15, -0.1) is 11.3 Å². The highest BCUT2D eigenvalue weighted by atomic mass is 35.5. The van der Waals surface area contributed by atoms with Crippen molar-refractivity contribution < 1.29 is 24.0 Å². The van der Waals surface area contributed by atoms with Crippen LogP contribution in [0.15, 0.2) is 60.0 Å². The van der Waals surface area contributed by atoms with Gasteiger partial charge in [-0.3, -0.25) is 19.7 Å². The van der Waals surface area contributed by atoms with Crippen LogP contribution in [0, 0.1) is 10.1 Å². The van der Waals surface area contributed by atoms with Gasteiger partial charge < -0.3 is 15.0 Å².